The predicted octanol–water partition coefficient (Wildman–Crippen LogP) is 1.87. The standard InChI is InChI=1S/C19H22N4O5/c1-12-10-15(22-28-12)20-16(24)11-23-17(25)19(2,21-18(23)26)9-8-13-4-6-14(27-3)7-5-13/h4-7,10H,8-9,11H2,1-3H3,(H,21,26)(H,20,22,24)/t19-/m1/s1. The van der Waals surface area contributed by atoms with Gasteiger partial charge in [-0.2, -0.15) is 0 Å². The second-order valence-corrected chi connectivity index (χ2v) is 6.87. The third-order valence-corrected chi connectivity index (χ3v) is 4.62. The van der Waals surface area contributed by atoms with E-state index in [0.717, 1.165) is 16.2 Å². The monoisotopic (exact) mass is 386 g/mol. The Bertz CT molecular complexity index is 892. The van der Waals surface area contributed by atoms with Gasteiger partial charge in [0.15, 0.2) is 5.82 Å². The average molecular weight is 386 g/mol. The Morgan fingerprint density at radius 3 is 2.64 bits per heavy atom. The molecule has 1 aliphatic heterocycles. The summed E-state index contributed by atoms with van der Waals surface area (Å²) in [6.45, 7) is 2.96. The molecule has 9 nitrogen and oxygen atoms in total. The molecule has 2 N–H and O–H groups in total. The van der Waals surface area contributed by atoms with Gasteiger partial charge < -0.3 is 19.9 Å². The van der Waals surface area contributed by atoms with Crippen molar-refractivity contribution in [2.75, 3.05) is 19.0 Å². The molecule has 0 spiro atoms. The van der Waals surface area contributed by atoms with Gasteiger partial charge in [-0.1, -0.05) is 17.3 Å². The van der Waals surface area contributed by atoms with Gasteiger partial charge in [-0.05, 0) is 44.4 Å². The predicted molar refractivity (Wildman–Crippen MR) is 99.8 cm³/mol. The van der Waals surface area contributed by atoms with E-state index in [4.69, 9.17) is 9.26 Å². The van der Waals surface area contributed by atoms with Gasteiger partial charge >= 0.3 is 6.03 Å². The number of aryl methyl sites for hydroxylation is 2. The van der Waals surface area contributed by atoms with Crippen molar-refractivity contribution in [3.8, 4) is 5.75 Å². The number of carbonyl (C=O) groups excluding carboxylic acids is 3. The van der Waals surface area contributed by atoms with Crippen molar-refractivity contribution in [3.63, 3.8) is 0 Å². The molecule has 0 bridgehead atoms. The fourth-order valence-electron chi connectivity index (χ4n) is 3.00. The van der Waals surface area contributed by atoms with Crippen LogP contribution in [0, 0.1) is 6.92 Å². The lowest BCUT2D eigenvalue weighted by atomic mass is 9.93. The average Bonchev–Trinajstić information content (AvgIpc) is 3.16. The number of aromatic nitrogens is 1. The van der Waals surface area contributed by atoms with Crippen molar-refractivity contribution in [1.29, 1.82) is 0 Å². The second-order valence-electron chi connectivity index (χ2n) is 6.87. The maximum atomic E-state index is 12.8. The molecule has 2 heterocycles. The number of carbonyl (C=O) groups is 3. The number of ether oxygens (including phenoxy) is 1. The maximum Gasteiger partial charge on any atom is 0.325 e. The summed E-state index contributed by atoms with van der Waals surface area (Å²) in [5.74, 6) is 0.557. The number of anilines is 1. The molecule has 9 heteroatoms. The number of benzene rings is 1. The molecule has 1 fully saturated rings. The summed E-state index contributed by atoms with van der Waals surface area (Å²) in [7, 11) is 1.59. The van der Waals surface area contributed by atoms with Crippen LogP contribution >= 0.6 is 0 Å². The minimum atomic E-state index is -1.07. The third kappa shape index (κ3) is 4.13. The van der Waals surface area contributed by atoms with Crippen LogP contribution in [0.4, 0.5) is 10.6 Å². The first-order chi connectivity index (χ1) is 13.3. The highest BCUT2D eigenvalue weighted by atomic mass is 16.5. The van der Waals surface area contributed by atoms with Crippen LogP contribution in [0.5, 0.6) is 5.75 Å². The molecule has 1 atom stereocenters. The molecule has 0 aliphatic carbocycles. The molecule has 4 amide bonds. The number of hydrogen-bond donors (Lipinski definition) is 2. The molecule has 1 aromatic heterocycles. The van der Waals surface area contributed by atoms with Crippen molar-refractivity contribution in [3.05, 3.63) is 41.7 Å². The van der Waals surface area contributed by atoms with Crippen LogP contribution in [0.2, 0.25) is 0 Å². The summed E-state index contributed by atoms with van der Waals surface area (Å²) in [6, 6.07) is 8.46. The topological polar surface area (TPSA) is 114 Å². The Labute approximate surface area is 162 Å². The molecule has 0 radical (unpaired) electrons. The van der Waals surface area contributed by atoms with E-state index in [9.17, 15) is 14.4 Å². The van der Waals surface area contributed by atoms with E-state index in [1.54, 1.807) is 27.0 Å². The molecule has 0 unspecified atom stereocenters. The van der Waals surface area contributed by atoms with E-state index in [1.165, 1.54) is 0 Å². The number of nitrogens with one attached hydrogen (secondary N) is 2. The Morgan fingerprint density at radius 1 is 1.32 bits per heavy atom. The highest BCUT2D eigenvalue weighted by molar-refractivity contribution is 6.09. The van der Waals surface area contributed by atoms with Gasteiger partial charge in [-0.3, -0.25) is 14.5 Å². The minimum absolute atomic E-state index is 0.233. The molecule has 148 valence electrons. The van der Waals surface area contributed by atoms with E-state index in [-0.39, 0.29) is 5.82 Å². The highest BCUT2D eigenvalue weighted by Crippen LogP contribution is 2.24. The van der Waals surface area contributed by atoms with Crippen molar-refractivity contribution in [1.82, 2.24) is 15.4 Å². The maximum absolute atomic E-state index is 12.8. The Hall–Kier alpha value is -3.36. The number of methoxy groups -OCH3 is 1. The summed E-state index contributed by atoms with van der Waals surface area (Å²) in [5.41, 5.74) is -0.0523. The van der Waals surface area contributed by atoms with E-state index in [1.807, 2.05) is 24.3 Å². The van der Waals surface area contributed by atoms with Crippen LogP contribution in [-0.4, -0.2) is 47.1 Å². The fourth-order valence-corrected chi connectivity index (χ4v) is 3.00. The van der Waals surface area contributed by atoms with Gasteiger partial charge in [0, 0.05) is 6.07 Å². The summed E-state index contributed by atoms with van der Waals surface area (Å²) < 4.78 is 9.99. The number of rotatable bonds is 7. The van der Waals surface area contributed by atoms with Crippen molar-refractivity contribution in [2.24, 2.45) is 0 Å². The largest absolute Gasteiger partial charge is 0.497 e. The summed E-state index contributed by atoms with van der Waals surface area (Å²) in [6.07, 6.45) is 0.995. The van der Waals surface area contributed by atoms with Gasteiger partial charge in [-0.15, -0.1) is 0 Å². The zero-order valence-corrected chi connectivity index (χ0v) is 15.9. The number of nitrogens with zero attached hydrogens (tertiary/aromatic N) is 2. The lowest BCUT2D eigenvalue weighted by molar-refractivity contribution is -0.133. The van der Waals surface area contributed by atoms with Crippen molar-refractivity contribution >= 4 is 23.7 Å². The number of amides is 4. The zero-order chi connectivity index (χ0) is 20.3. The van der Waals surface area contributed by atoms with Crippen LogP contribution in [0.25, 0.3) is 0 Å². The van der Waals surface area contributed by atoms with Crippen LogP contribution in [0.15, 0.2) is 34.9 Å². The Balaban J connectivity index is 1.60. The smallest absolute Gasteiger partial charge is 0.325 e. The van der Waals surface area contributed by atoms with Gasteiger partial charge in [-0.25, -0.2) is 4.79 Å². The quantitative estimate of drug-likeness (QED) is 0.702. The highest BCUT2D eigenvalue weighted by Gasteiger charge is 2.47. The van der Waals surface area contributed by atoms with Gasteiger partial charge in [0.1, 0.15) is 23.6 Å². The molecular weight excluding hydrogens is 364 g/mol. The normalized spacial score (nSPS) is 18.9. The number of hydrogen-bond acceptors (Lipinski definition) is 6. The van der Waals surface area contributed by atoms with Crippen LogP contribution in [0.1, 0.15) is 24.7 Å². The summed E-state index contributed by atoms with van der Waals surface area (Å²) in [5, 5.41) is 8.84. The molecule has 1 saturated heterocycles. The molecule has 2 aromatic rings. The van der Waals surface area contributed by atoms with E-state index in [2.05, 4.69) is 15.8 Å². The van der Waals surface area contributed by atoms with E-state index in [0.29, 0.717) is 18.6 Å². The molecule has 0 saturated carbocycles. The first kappa shape index (κ1) is 19.4. The SMILES string of the molecule is COc1ccc(CC[C@@]2(C)NC(=O)N(CC(=O)Nc3cc(C)on3)C2=O)cc1. The number of imide groups is 1. The molecule has 28 heavy (non-hydrogen) atoms. The van der Waals surface area contributed by atoms with Crippen LogP contribution < -0.4 is 15.4 Å². The minimum Gasteiger partial charge on any atom is -0.497 e. The summed E-state index contributed by atoms with van der Waals surface area (Å²) in [4.78, 5) is 38.1. The third-order valence-electron chi connectivity index (χ3n) is 4.62. The van der Waals surface area contributed by atoms with Crippen LogP contribution in [0.3, 0.4) is 0 Å². The molecule has 1 aliphatic rings. The van der Waals surface area contributed by atoms with Gasteiger partial charge in [0.2, 0.25) is 5.91 Å². The first-order valence-corrected chi connectivity index (χ1v) is 8.81. The second kappa shape index (κ2) is 7.71. The van der Waals surface area contributed by atoms with Crippen molar-refractivity contribution < 1.29 is 23.6 Å². The lowest BCUT2D eigenvalue weighted by Gasteiger charge is -2.21. The van der Waals surface area contributed by atoms with Gasteiger partial charge in [0.25, 0.3) is 5.91 Å². The van der Waals surface area contributed by atoms with E-state index < -0.39 is 29.9 Å². The lowest BCUT2D eigenvalue weighted by Crippen LogP contribution is -2.45. The number of urea groups is 1. The Morgan fingerprint density at radius 2 is 2.04 bits per heavy atom. The zero-order valence-electron chi connectivity index (χ0n) is 15.9. The summed E-state index contributed by atoms with van der Waals surface area (Å²) >= 11 is 0. The molecule has 1 aromatic carbocycles. The first-order valence-electron chi connectivity index (χ1n) is 8.81. The molecule has 3 rings (SSSR count). The fraction of sp³-hybridized carbons (Fsp3) is 0.368. The van der Waals surface area contributed by atoms with Crippen molar-refractivity contribution in [2.45, 2.75) is 32.2 Å². The Kier molecular flexibility index (Phi) is 5.34. The van der Waals surface area contributed by atoms with Crippen LogP contribution in [-0.2, 0) is 16.0 Å². The van der Waals surface area contributed by atoms with E-state index >= 15 is 0 Å². The molecular formula is C19H22N4O5. The van der Waals surface area contributed by atoms with Gasteiger partial charge in [0.05, 0.1) is 7.11 Å².